The minimum absolute atomic E-state index is 1.17. The molecule has 52 heavy (non-hydrogen) atoms. The maximum Gasteiger partial charge on any atom is 0.0620 e. The summed E-state index contributed by atoms with van der Waals surface area (Å²) < 4.78 is 4.97. The second-order valence-electron chi connectivity index (χ2n) is 14.1. The quantitative estimate of drug-likeness (QED) is 0.175. The van der Waals surface area contributed by atoms with Crippen LogP contribution in [0.3, 0.4) is 0 Å². The Kier molecular flexibility index (Phi) is 5.53. The summed E-state index contributed by atoms with van der Waals surface area (Å²) in [5.41, 5.74) is 14.9. The molecular formula is C50H30N2. The average molecular weight is 659 g/mol. The summed E-state index contributed by atoms with van der Waals surface area (Å²) in [6, 6.07) is 67.4. The smallest absolute Gasteiger partial charge is 0.0620 e. The molecule has 2 nitrogen and oxygen atoms in total. The third-order valence-electron chi connectivity index (χ3n) is 11.4. The number of aromatic nitrogens is 2. The molecule has 0 amide bonds. The first-order chi connectivity index (χ1) is 25.8. The maximum atomic E-state index is 2.50. The molecule has 0 unspecified atom stereocenters. The predicted octanol–water partition coefficient (Wildman–Crippen LogP) is 13.5. The predicted molar refractivity (Wildman–Crippen MR) is 220 cm³/mol. The zero-order valence-corrected chi connectivity index (χ0v) is 28.2. The van der Waals surface area contributed by atoms with E-state index in [9.17, 15) is 0 Å². The second kappa shape index (κ2) is 10.3. The first-order valence-electron chi connectivity index (χ1n) is 18.0. The first-order valence-corrected chi connectivity index (χ1v) is 18.0. The summed E-state index contributed by atoms with van der Waals surface area (Å²) in [6.07, 6.45) is 0. The zero-order chi connectivity index (χ0) is 33.9. The van der Waals surface area contributed by atoms with Gasteiger partial charge in [-0.3, -0.25) is 0 Å². The number of hydrogen-bond donors (Lipinski definition) is 0. The van der Waals surface area contributed by atoms with Gasteiger partial charge < -0.3 is 9.13 Å². The van der Waals surface area contributed by atoms with Crippen LogP contribution in [0.2, 0.25) is 0 Å². The lowest BCUT2D eigenvalue weighted by molar-refractivity contribution is 1.19. The van der Waals surface area contributed by atoms with E-state index in [2.05, 4.69) is 191 Å². The molecule has 0 bridgehead atoms. The highest BCUT2D eigenvalue weighted by molar-refractivity contribution is 6.28. The summed E-state index contributed by atoms with van der Waals surface area (Å²) in [5.74, 6) is 0. The summed E-state index contributed by atoms with van der Waals surface area (Å²) in [6.45, 7) is 0. The molecule has 1 aliphatic rings. The van der Waals surface area contributed by atoms with Crippen molar-refractivity contribution in [3.8, 4) is 44.8 Å². The lowest BCUT2D eigenvalue weighted by atomic mass is 9.89. The fourth-order valence-electron chi connectivity index (χ4n) is 9.28. The average Bonchev–Trinajstić information content (AvgIpc) is 3.70. The van der Waals surface area contributed by atoms with Gasteiger partial charge in [-0.25, -0.2) is 0 Å². The minimum atomic E-state index is 1.17. The van der Waals surface area contributed by atoms with E-state index < -0.39 is 0 Å². The summed E-state index contributed by atoms with van der Waals surface area (Å²) >= 11 is 0. The van der Waals surface area contributed by atoms with Crippen LogP contribution in [0.4, 0.5) is 0 Å². The summed E-state index contributed by atoms with van der Waals surface area (Å²) in [7, 11) is 0. The molecule has 0 atom stereocenters. The van der Waals surface area contributed by atoms with E-state index in [-0.39, 0.29) is 0 Å². The third-order valence-corrected chi connectivity index (χ3v) is 11.4. The molecule has 0 aliphatic carbocycles. The highest BCUT2D eigenvalue weighted by Crippen LogP contribution is 2.50. The van der Waals surface area contributed by atoms with Crippen LogP contribution in [0, 0.1) is 0 Å². The van der Waals surface area contributed by atoms with Gasteiger partial charge in [-0.1, -0.05) is 133 Å². The van der Waals surface area contributed by atoms with E-state index in [0.717, 1.165) is 0 Å². The van der Waals surface area contributed by atoms with Crippen molar-refractivity contribution in [3.05, 3.63) is 182 Å². The Morgan fingerprint density at radius 3 is 1.81 bits per heavy atom. The van der Waals surface area contributed by atoms with Crippen LogP contribution in [0.5, 0.6) is 0 Å². The number of nitrogens with zero attached hydrogens (tertiary/aromatic N) is 2. The maximum absolute atomic E-state index is 2.50. The van der Waals surface area contributed by atoms with Crippen molar-refractivity contribution in [1.29, 1.82) is 0 Å². The van der Waals surface area contributed by atoms with E-state index in [4.69, 9.17) is 0 Å². The normalized spacial score (nSPS) is 12.2. The lowest BCUT2D eigenvalue weighted by Crippen LogP contribution is -1.95. The van der Waals surface area contributed by atoms with Gasteiger partial charge in [0, 0.05) is 43.7 Å². The third kappa shape index (κ3) is 3.63. The summed E-state index contributed by atoms with van der Waals surface area (Å²) in [4.78, 5) is 0. The molecule has 12 rings (SSSR count). The van der Waals surface area contributed by atoms with E-state index >= 15 is 0 Å². The van der Waals surface area contributed by atoms with Crippen LogP contribution in [-0.4, -0.2) is 9.13 Å². The molecule has 2 heteroatoms. The topological polar surface area (TPSA) is 9.86 Å². The summed E-state index contributed by atoms with van der Waals surface area (Å²) in [5, 5.41) is 10.1. The van der Waals surface area contributed by atoms with E-state index in [1.807, 2.05) is 0 Å². The molecule has 11 aromatic rings. The molecular weight excluding hydrogens is 629 g/mol. The van der Waals surface area contributed by atoms with Crippen molar-refractivity contribution in [3.63, 3.8) is 0 Å². The van der Waals surface area contributed by atoms with Crippen LogP contribution >= 0.6 is 0 Å². The standard InChI is InChI=1S/C50H30N2/c1-2-15-33(16-3-1)51-47-27-26-31-14-4-5-17-34(31)48(47)44-30-41(37-20-8-9-23-40(37)49(44)51)32-28-42-36-19-7-6-18-35(36)38-21-10-12-24-45(38)52-46-25-13-11-22-39(46)43(29-32)50(42)52/h1-30H. The number of benzene rings is 9. The largest absolute Gasteiger partial charge is 0.309 e. The minimum Gasteiger partial charge on any atom is -0.309 e. The molecule has 2 aromatic heterocycles. The molecule has 9 aromatic carbocycles. The monoisotopic (exact) mass is 658 g/mol. The lowest BCUT2D eigenvalue weighted by Gasteiger charge is -2.15. The number of hydrogen-bond acceptors (Lipinski definition) is 0. The number of rotatable bonds is 2. The molecule has 0 saturated carbocycles. The second-order valence-corrected chi connectivity index (χ2v) is 14.1. The Hall–Kier alpha value is -6.90. The van der Waals surface area contributed by atoms with Crippen LogP contribution in [0.1, 0.15) is 0 Å². The van der Waals surface area contributed by atoms with Crippen LogP contribution in [-0.2, 0) is 0 Å². The molecule has 0 fully saturated rings. The molecule has 0 saturated heterocycles. The molecule has 3 heterocycles. The van der Waals surface area contributed by atoms with Gasteiger partial charge in [0.2, 0.25) is 0 Å². The number of para-hydroxylation sites is 3. The molecule has 1 aliphatic heterocycles. The fourth-order valence-corrected chi connectivity index (χ4v) is 9.28. The SMILES string of the molecule is c1ccc(-n2c3ccc4ccccc4c3c3cc(-c4cc5c6c(c4)c4ccccc4n6-c4ccccc4-c4ccccc4-5)c4ccccc4c32)cc1. The Morgan fingerprint density at radius 2 is 0.962 bits per heavy atom. The van der Waals surface area contributed by atoms with Gasteiger partial charge in [-0.2, -0.15) is 0 Å². The Balaban J connectivity index is 1.28. The molecule has 0 N–H and O–H groups in total. The van der Waals surface area contributed by atoms with Gasteiger partial charge in [0.15, 0.2) is 0 Å². The van der Waals surface area contributed by atoms with Crippen LogP contribution in [0.25, 0.3) is 110 Å². The van der Waals surface area contributed by atoms with Crippen molar-refractivity contribution in [2.24, 2.45) is 0 Å². The molecule has 0 radical (unpaired) electrons. The van der Waals surface area contributed by atoms with E-state index in [1.54, 1.807) is 0 Å². The van der Waals surface area contributed by atoms with Gasteiger partial charge in [0.25, 0.3) is 0 Å². The Bertz CT molecular complexity index is 3290. The molecule has 240 valence electrons. The Labute approximate surface area is 300 Å². The van der Waals surface area contributed by atoms with Gasteiger partial charge in [0.05, 0.1) is 27.8 Å². The van der Waals surface area contributed by atoms with Crippen molar-refractivity contribution < 1.29 is 0 Å². The van der Waals surface area contributed by atoms with E-state index in [1.165, 1.54) is 110 Å². The van der Waals surface area contributed by atoms with Gasteiger partial charge in [-0.15, -0.1) is 0 Å². The van der Waals surface area contributed by atoms with Crippen molar-refractivity contribution in [2.45, 2.75) is 0 Å². The number of fused-ring (bicyclic) bond motifs is 15. The molecule has 0 spiro atoms. The van der Waals surface area contributed by atoms with Gasteiger partial charge in [0.1, 0.15) is 0 Å². The van der Waals surface area contributed by atoms with Gasteiger partial charge in [-0.05, 0) is 86.9 Å². The Morgan fingerprint density at radius 1 is 0.308 bits per heavy atom. The van der Waals surface area contributed by atoms with Crippen molar-refractivity contribution in [1.82, 2.24) is 9.13 Å². The van der Waals surface area contributed by atoms with Gasteiger partial charge >= 0.3 is 0 Å². The highest BCUT2D eigenvalue weighted by Gasteiger charge is 2.26. The fraction of sp³-hybridized carbons (Fsp3) is 0. The van der Waals surface area contributed by atoms with Crippen molar-refractivity contribution in [2.75, 3.05) is 0 Å². The van der Waals surface area contributed by atoms with Crippen molar-refractivity contribution >= 4 is 65.2 Å². The van der Waals surface area contributed by atoms with Crippen LogP contribution < -0.4 is 0 Å². The zero-order valence-electron chi connectivity index (χ0n) is 28.2. The first kappa shape index (κ1) is 27.9. The highest BCUT2D eigenvalue weighted by atomic mass is 15.0. The van der Waals surface area contributed by atoms with Crippen LogP contribution in [0.15, 0.2) is 182 Å². The van der Waals surface area contributed by atoms with E-state index in [0.29, 0.717) is 0 Å².